The van der Waals surface area contributed by atoms with Crippen molar-refractivity contribution in [3.8, 4) is 0 Å². The normalized spacial score (nSPS) is 27.9. The Labute approximate surface area is 118 Å². The topological polar surface area (TPSA) is 69.0 Å². The van der Waals surface area contributed by atoms with Crippen LogP contribution in [0.1, 0.15) is 17.0 Å². The van der Waals surface area contributed by atoms with Crippen LogP contribution >= 0.6 is 0 Å². The number of amides is 1. The van der Waals surface area contributed by atoms with Crippen LogP contribution in [-0.4, -0.2) is 72.2 Å². The van der Waals surface area contributed by atoms with E-state index in [9.17, 15) is 9.90 Å². The molecule has 1 amide bonds. The third-order valence-corrected chi connectivity index (χ3v) is 4.13. The molecule has 0 spiro atoms. The zero-order valence-electron chi connectivity index (χ0n) is 11.5. The van der Waals surface area contributed by atoms with E-state index in [1.54, 1.807) is 12.1 Å². The molecule has 0 unspecified atom stereocenters. The number of aliphatic hydroxyl groups is 1. The molecule has 2 fully saturated rings. The molecule has 6 nitrogen and oxygen atoms in total. The first-order valence-electron chi connectivity index (χ1n) is 7.15. The Hall–Kier alpha value is -1.37. The number of nitrogens with zero attached hydrogens (tertiary/aromatic N) is 2. The van der Waals surface area contributed by atoms with Crippen LogP contribution in [0.25, 0.3) is 0 Å². The summed E-state index contributed by atoms with van der Waals surface area (Å²) in [6.07, 6.45) is 2.32. The zero-order valence-corrected chi connectivity index (χ0v) is 11.5. The van der Waals surface area contributed by atoms with Gasteiger partial charge in [0.15, 0.2) is 5.76 Å². The van der Waals surface area contributed by atoms with Crippen molar-refractivity contribution < 1.29 is 14.3 Å². The Kier molecular flexibility index (Phi) is 3.78. The van der Waals surface area contributed by atoms with Crippen molar-refractivity contribution in [1.29, 1.82) is 0 Å². The van der Waals surface area contributed by atoms with E-state index in [1.807, 2.05) is 4.90 Å². The van der Waals surface area contributed by atoms with Crippen molar-refractivity contribution in [2.24, 2.45) is 0 Å². The third-order valence-electron chi connectivity index (χ3n) is 4.13. The van der Waals surface area contributed by atoms with Crippen molar-refractivity contribution in [2.75, 3.05) is 45.8 Å². The highest BCUT2D eigenvalue weighted by molar-refractivity contribution is 5.91. The van der Waals surface area contributed by atoms with Gasteiger partial charge < -0.3 is 19.7 Å². The molecule has 1 atom stereocenters. The lowest BCUT2D eigenvalue weighted by atomic mass is 10.0. The van der Waals surface area contributed by atoms with E-state index in [1.165, 1.54) is 6.26 Å². The zero-order chi connectivity index (χ0) is 14.0. The quantitative estimate of drug-likeness (QED) is 0.799. The van der Waals surface area contributed by atoms with Gasteiger partial charge in [0.05, 0.1) is 11.9 Å². The minimum atomic E-state index is -0.604. The van der Waals surface area contributed by atoms with E-state index < -0.39 is 5.60 Å². The summed E-state index contributed by atoms with van der Waals surface area (Å²) in [6.45, 7) is 5.20. The van der Waals surface area contributed by atoms with Gasteiger partial charge >= 0.3 is 0 Å². The Bertz CT molecular complexity index is 446. The van der Waals surface area contributed by atoms with E-state index >= 15 is 0 Å². The highest BCUT2D eigenvalue weighted by Crippen LogP contribution is 2.17. The maximum Gasteiger partial charge on any atom is 0.289 e. The number of carbonyl (C=O) groups excluding carboxylic acids is 1. The fraction of sp³-hybridized carbons (Fsp3) is 0.643. The van der Waals surface area contributed by atoms with Crippen LogP contribution in [0.15, 0.2) is 22.8 Å². The van der Waals surface area contributed by atoms with Crippen molar-refractivity contribution in [3.05, 3.63) is 24.2 Å². The Morgan fingerprint density at radius 2 is 2.20 bits per heavy atom. The summed E-state index contributed by atoms with van der Waals surface area (Å²) in [5, 5.41) is 13.6. The number of carbonyl (C=O) groups is 1. The van der Waals surface area contributed by atoms with Crippen LogP contribution in [0.2, 0.25) is 0 Å². The fourth-order valence-electron chi connectivity index (χ4n) is 2.95. The molecule has 0 bridgehead atoms. The van der Waals surface area contributed by atoms with Gasteiger partial charge in [-0.3, -0.25) is 9.69 Å². The molecule has 3 rings (SSSR count). The van der Waals surface area contributed by atoms with Gasteiger partial charge in [-0.2, -0.15) is 0 Å². The average Bonchev–Trinajstić information content (AvgIpc) is 3.10. The predicted octanol–water partition coefficient (Wildman–Crippen LogP) is -0.238. The molecule has 0 aliphatic carbocycles. The van der Waals surface area contributed by atoms with Crippen LogP contribution in [0.4, 0.5) is 0 Å². The second-order valence-corrected chi connectivity index (χ2v) is 5.70. The van der Waals surface area contributed by atoms with Gasteiger partial charge in [0.1, 0.15) is 0 Å². The van der Waals surface area contributed by atoms with E-state index in [-0.39, 0.29) is 5.91 Å². The summed E-state index contributed by atoms with van der Waals surface area (Å²) >= 11 is 0. The molecule has 2 aliphatic rings. The lowest BCUT2D eigenvalue weighted by Crippen LogP contribution is -2.53. The summed E-state index contributed by atoms with van der Waals surface area (Å²) in [4.78, 5) is 16.2. The second-order valence-electron chi connectivity index (χ2n) is 5.70. The average molecular weight is 279 g/mol. The first kappa shape index (κ1) is 13.6. The highest BCUT2D eigenvalue weighted by Gasteiger charge is 2.34. The molecule has 3 heterocycles. The number of nitrogens with one attached hydrogen (secondary N) is 1. The van der Waals surface area contributed by atoms with Gasteiger partial charge in [-0.25, -0.2) is 0 Å². The number of β-amino-alcohol motifs (C(OH)–C–C–N with tert-alkyl or cyclic N) is 1. The maximum absolute atomic E-state index is 12.1. The molecule has 0 aromatic carbocycles. The summed E-state index contributed by atoms with van der Waals surface area (Å²) < 4.78 is 5.15. The van der Waals surface area contributed by atoms with Gasteiger partial charge in [0.2, 0.25) is 0 Å². The SMILES string of the molecule is O=C(c1ccco1)N1CCN(C[C@@]2(O)CCNC2)CC1. The summed E-state index contributed by atoms with van der Waals surface area (Å²) in [6, 6.07) is 3.42. The molecule has 20 heavy (non-hydrogen) atoms. The van der Waals surface area contributed by atoms with Crippen LogP contribution < -0.4 is 5.32 Å². The molecular formula is C14H21N3O3. The van der Waals surface area contributed by atoms with Crippen molar-refractivity contribution in [2.45, 2.75) is 12.0 Å². The van der Waals surface area contributed by atoms with E-state index in [4.69, 9.17) is 4.42 Å². The molecule has 2 N–H and O–H groups in total. The molecule has 1 aromatic heterocycles. The van der Waals surface area contributed by atoms with Crippen LogP contribution in [0.5, 0.6) is 0 Å². The first-order chi connectivity index (χ1) is 9.66. The van der Waals surface area contributed by atoms with Gasteiger partial charge in [0, 0.05) is 39.3 Å². The van der Waals surface area contributed by atoms with Gasteiger partial charge in [-0.15, -0.1) is 0 Å². The molecule has 2 aliphatic heterocycles. The number of rotatable bonds is 3. The Morgan fingerprint density at radius 3 is 2.80 bits per heavy atom. The number of piperazine rings is 1. The summed E-state index contributed by atoms with van der Waals surface area (Å²) in [7, 11) is 0. The van der Waals surface area contributed by atoms with Gasteiger partial charge in [-0.1, -0.05) is 0 Å². The van der Waals surface area contributed by atoms with E-state index in [2.05, 4.69) is 10.2 Å². The van der Waals surface area contributed by atoms with Crippen LogP contribution in [0.3, 0.4) is 0 Å². The first-order valence-corrected chi connectivity index (χ1v) is 7.15. The van der Waals surface area contributed by atoms with E-state index in [0.29, 0.717) is 31.9 Å². The summed E-state index contributed by atoms with van der Waals surface area (Å²) in [5.74, 6) is 0.355. The monoisotopic (exact) mass is 279 g/mol. The van der Waals surface area contributed by atoms with Crippen molar-refractivity contribution in [1.82, 2.24) is 15.1 Å². The van der Waals surface area contributed by atoms with Crippen molar-refractivity contribution in [3.63, 3.8) is 0 Å². The molecular weight excluding hydrogens is 258 g/mol. The fourth-order valence-corrected chi connectivity index (χ4v) is 2.95. The Balaban J connectivity index is 1.51. The predicted molar refractivity (Wildman–Crippen MR) is 73.5 cm³/mol. The smallest absolute Gasteiger partial charge is 0.289 e. The summed E-state index contributed by atoms with van der Waals surface area (Å²) in [5.41, 5.74) is -0.604. The minimum absolute atomic E-state index is 0.0455. The molecule has 0 radical (unpaired) electrons. The van der Waals surface area contributed by atoms with Crippen LogP contribution in [0, 0.1) is 0 Å². The highest BCUT2D eigenvalue weighted by atomic mass is 16.3. The lowest BCUT2D eigenvalue weighted by molar-refractivity contribution is 0.00571. The minimum Gasteiger partial charge on any atom is -0.459 e. The second kappa shape index (κ2) is 5.55. The largest absolute Gasteiger partial charge is 0.459 e. The lowest BCUT2D eigenvalue weighted by Gasteiger charge is -2.37. The van der Waals surface area contributed by atoms with Gasteiger partial charge in [-0.05, 0) is 25.1 Å². The van der Waals surface area contributed by atoms with Crippen LogP contribution in [-0.2, 0) is 0 Å². The maximum atomic E-state index is 12.1. The number of furan rings is 1. The van der Waals surface area contributed by atoms with Crippen molar-refractivity contribution >= 4 is 5.91 Å². The standard InChI is InChI=1S/C14H21N3O3/c18-13(12-2-1-9-20-12)17-7-5-16(6-8-17)11-14(19)3-4-15-10-14/h1-2,9,15,19H,3-8,10-11H2/t14-/m1/s1. The molecule has 2 saturated heterocycles. The molecule has 6 heteroatoms. The molecule has 1 aromatic rings. The Morgan fingerprint density at radius 1 is 1.40 bits per heavy atom. The molecule has 0 saturated carbocycles. The van der Waals surface area contributed by atoms with Gasteiger partial charge in [0.25, 0.3) is 5.91 Å². The number of hydrogen-bond acceptors (Lipinski definition) is 5. The molecule has 110 valence electrons. The van der Waals surface area contributed by atoms with E-state index in [0.717, 1.165) is 26.1 Å². The third kappa shape index (κ3) is 2.87. The number of hydrogen-bond donors (Lipinski definition) is 2.